The summed E-state index contributed by atoms with van der Waals surface area (Å²) in [6, 6.07) is 13.3. The van der Waals surface area contributed by atoms with E-state index in [1.54, 1.807) is 0 Å². The van der Waals surface area contributed by atoms with E-state index in [1.165, 1.54) is 25.1 Å². The van der Waals surface area contributed by atoms with Crippen molar-refractivity contribution in [3.05, 3.63) is 59.1 Å². The second kappa shape index (κ2) is 7.79. The number of nitrogens with one attached hydrogen (secondary N) is 2. The lowest BCUT2D eigenvalue weighted by molar-refractivity contribution is -0.114. The molecule has 24 heavy (non-hydrogen) atoms. The minimum Gasteiger partial charge on any atom is -0.325 e. The molecule has 2 N–H and O–H groups in total. The van der Waals surface area contributed by atoms with E-state index in [2.05, 4.69) is 10.0 Å². The van der Waals surface area contributed by atoms with Crippen molar-refractivity contribution in [2.45, 2.75) is 31.2 Å². The van der Waals surface area contributed by atoms with Crippen LogP contribution in [0.25, 0.3) is 0 Å². The Morgan fingerprint density at radius 1 is 1.17 bits per heavy atom. The number of hydrogen-bond acceptors (Lipinski definition) is 3. The van der Waals surface area contributed by atoms with E-state index < -0.39 is 10.0 Å². The Balaban J connectivity index is 2.26. The van der Waals surface area contributed by atoms with Crippen molar-refractivity contribution in [2.75, 3.05) is 5.32 Å². The molecule has 7 heteroatoms. The molecular formula is C17H19ClN2O3S. The van der Waals surface area contributed by atoms with E-state index in [9.17, 15) is 13.2 Å². The number of hydrogen-bond donors (Lipinski definition) is 2. The van der Waals surface area contributed by atoms with Gasteiger partial charge in [0, 0.05) is 13.0 Å². The number of anilines is 1. The van der Waals surface area contributed by atoms with Gasteiger partial charge in [-0.1, -0.05) is 48.9 Å². The van der Waals surface area contributed by atoms with E-state index >= 15 is 0 Å². The summed E-state index contributed by atoms with van der Waals surface area (Å²) < 4.78 is 27.9. The lowest BCUT2D eigenvalue weighted by Crippen LogP contribution is -2.28. The fourth-order valence-electron chi connectivity index (χ4n) is 2.28. The molecule has 0 aliphatic rings. The van der Waals surface area contributed by atoms with Crippen LogP contribution in [0, 0.1) is 0 Å². The van der Waals surface area contributed by atoms with Crippen molar-refractivity contribution in [3.63, 3.8) is 0 Å². The molecule has 0 bridgehead atoms. The van der Waals surface area contributed by atoms with Crippen LogP contribution in [0.4, 0.5) is 5.69 Å². The quantitative estimate of drug-likeness (QED) is 0.817. The Hall–Kier alpha value is -1.89. The average molecular weight is 367 g/mol. The highest BCUT2D eigenvalue weighted by Crippen LogP contribution is 2.26. The summed E-state index contributed by atoms with van der Waals surface area (Å²) in [5.74, 6) is -0.277. The maximum atomic E-state index is 12.6. The average Bonchev–Trinajstić information content (AvgIpc) is 2.55. The molecule has 0 saturated carbocycles. The van der Waals surface area contributed by atoms with Gasteiger partial charge in [0.15, 0.2) is 0 Å². The van der Waals surface area contributed by atoms with Crippen molar-refractivity contribution in [2.24, 2.45) is 0 Å². The number of rotatable bonds is 6. The predicted molar refractivity (Wildman–Crippen MR) is 95.6 cm³/mol. The predicted octanol–water partition coefficient (Wildman–Crippen LogP) is 3.73. The van der Waals surface area contributed by atoms with Gasteiger partial charge in [-0.2, -0.15) is 0 Å². The summed E-state index contributed by atoms with van der Waals surface area (Å²) in [7, 11) is -3.73. The van der Waals surface area contributed by atoms with Crippen LogP contribution in [0.1, 0.15) is 31.9 Å². The van der Waals surface area contributed by atoms with Crippen LogP contribution < -0.4 is 10.0 Å². The van der Waals surface area contributed by atoms with Crippen LogP contribution in [-0.2, 0) is 14.8 Å². The van der Waals surface area contributed by atoms with Crippen molar-refractivity contribution in [1.82, 2.24) is 4.72 Å². The second-order valence-corrected chi connectivity index (χ2v) is 7.44. The first-order valence-corrected chi connectivity index (χ1v) is 9.34. The molecule has 1 atom stereocenters. The minimum absolute atomic E-state index is 0.0518. The molecule has 2 aromatic rings. The number of carbonyl (C=O) groups excluding carboxylic acids is 1. The molecule has 0 aliphatic heterocycles. The normalized spacial score (nSPS) is 12.6. The number of halogens is 1. The highest BCUT2D eigenvalue weighted by molar-refractivity contribution is 7.89. The lowest BCUT2D eigenvalue weighted by Gasteiger charge is -2.18. The van der Waals surface area contributed by atoms with Gasteiger partial charge in [0.05, 0.1) is 15.6 Å². The van der Waals surface area contributed by atoms with Crippen molar-refractivity contribution >= 4 is 33.2 Å². The maximum Gasteiger partial charge on any atom is 0.241 e. The highest BCUT2D eigenvalue weighted by Gasteiger charge is 2.21. The molecule has 0 aromatic heterocycles. The Bertz CT molecular complexity index is 823. The van der Waals surface area contributed by atoms with E-state index in [1.807, 2.05) is 37.3 Å². The van der Waals surface area contributed by atoms with Crippen molar-refractivity contribution in [1.29, 1.82) is 0 Å². The number of sulfonamides is 1. The fourth-order valence-corrected chi connectivity index (χ4v) is 3.91. The molecule has 2 aromatic carbocycles. The van der Waals surface area contributed by atoms with Gasteiger partial charge in [-0.15, -0.1) is 0 Å². The number of amides is 1. The monoisotopic (exact) mass is 366 g/mol. The van der Waals surface area contributed by atoms with Crippen LogP contribution in [0.3, 0.4) is 0 Å². The van der Waals surface area contributed by atoms with Gasteiger partial charge in [0.25, 0.3) is 0 Å². The number of benzene rings is 2. The summed E-state index contributed by atoms with van der Waals surface area (Å²) in [4.78, 5) is 11.1. The molecule has 0 fully saturated rings. The van der Waals surface area contributed by atoms with Crippen LogP contribution in [0.2, 0.25) is 5.02 Å². The third kappa shape index (κ3) is 4.56. The zero-order valence-corrected chi connectivity index (χ0v) is 15.0. The third-order valence-corrected chi connectivity index (χ3v) is 5.25. The van der Waals surface area contributed by atoms with Gasteiger partial charge in [-0.25, -0.2) is 13.1 Å². The standard InChI is InChI=1S/C17H19ClN2O3S/c1-3-16(13-7-5-4-6-8-13)20-24(22,23)14-9-10-17(15(18)11-14)19-12(2)21/h4-11,16,20H,3H2,1-2H3,(H,19,21). The SMILES string of the molecule is CCC(NS(=O)(=O)c1ccc(NC(C)=O)c(Cl)c1)c1ccccc1. The minimum atomic E-state index is -3.73. The zero-order chi connectivity index (χ0) is 17.7. The van der Waals surface area contributed by atoms with Gasteiger partial charge in [0.1, 0.15) is 0 Å². The lowest BCUT2D eigenvalue weighted by atomic mass is 10.1. The smallest absolute Gasteiger partial charge is 0.241 e. The first kappa shape index (κ1) is 18.4. The fraction of sp³-hybridized carbons (Fsp3) is 0.235. The molecule has 128 valence electrons. The van der Waals surface area contributed by atoms with E-state index in [0.29, 0.717) is 12.1 Å². The Morgan fingerprint density at radius 3 is 2.38 bits per heavy atom. The van der Waals surface area contributed by atoms with Gasteiger partial charge in [-0.05, 0) is 30.2 Å². The highest BCUT2D eigenvalue weighted by atomic mass is 35.5. The van der Waals surface area contributed by atoms with Crippen LogP contribution in [0.15, 0.2) is 53.4 Å². The summed E-state index contributed by atoms with van der Waals surface area (Å²) in [6.07, 6.45) is 0.612. The topological polar surface area (TPSA) is 75.3 Å². The Morgan fingerprint density at radius 2 is 1.83 bits per heavy atom. The third-order valence-electron chi connectivity index (χ3n) is 3.47. The largest absolute Gasteiger partial charge is 0.325 e. The van der Waals surface area contributed by atoms with Crippen LogP contribution >= 0.6 is 11.6 Å². The van der Waals surface area contributed by atoms with Crippen molar-refractivity contribution in [3.8, 4) is 0 Å². The first-order chi connectivity index (χ1) is 11.3. The molecule has 5 nitrogen and oxygen atoms in total. The van der Waals surface area contributed by atoms with Crippen molar-refractivity contribution < 1.29 is 13.2 Å². The van der Waals surface area contributed by atoms with Crippen LogP contribution in [-0.4, -0.2) is 14.3 Å². The summed E-state index contributed by atoms with van der Waals surface area (Å²) in [6.45, 7) is 3.27. The molecule has 0 heterocycles. The van der Waals surface area contributed by atoms with Crippen LogP contribution in [0.5, 0.6) is 0 Å². The second-order valence-electron chi connectivity index (χ2n) is 5.32. The van der Waals surface area contributed by atoms with Gasteiger partial charge in [-0.3, -0.25) is 4.79 Å². The maximum absolute atomic E-state index is 12.6. The molecule has 0 aliphatic carbocycles. The summed E-state index contributed by atoms with van der Waals surface area (Å²) in [5.41, 5.74) is 1.27. The summed E-state index contributed by atoms with van der Waals surface area (Å²) in [5, 5.41) is 2.71. The van der Waals surface area contributed by atoms with E-state index in [0.717, 1.165) is 5.56 Å². The van der Waals surface area contributed by atoms with Gasteiger partial charge < -0.3 is 5.32 Å². The van der Waals surface area contributed by atoms with E-state index in [-0.39, 0.29) is 21.9 Å². The van der Waals surface area contributed by atoms with Gasteiger partial charge in [0.2, 0.25) is 15.9 Å². The first-order valence-electron chi connectivity index (χ1n) is 7.48. The number of carbonyl (C=O) groups is 1. The van der Waals surface area contributed by atoms with Gasteiger partial charge >= 0.3 is 0 Å². The molecule has 1 unspecified atom stereocenters. The molecule has 0 radical (unpaired) electrons. The van der Waals surface area contributed by atoms with E-state index in [4.69, 9.17) is 11.6 Å². The molecule has 2 rings (SSSR count). The Kier molecular flexibility index (Phi) is 5.99. The summed E-state index contributed by atoms with van der Waals surface area (Å²) >= 11 is 6.06. The molecule has 1 amide bonds. The zero-order valence-electron chi connectivity index (χ0n) is 13.4. The molecular weight excluding hydrogens is 348 g/mol. The molecule has 0 saturated heterocycles. The Labute approximate surface area is 147 Å². The molecule has 0 spiro atoms.